The van der Waals surface area contributed by atoms with E-state index < -0.39 is 5.82 Å². The van der Waals surface area contributed by atoms with Gasteiger partial charge in [0.25, 0.3) is 5.91 Å². The minimum atomic E-state index is -0.471. The highest BCUT2D eigenvalue weighted by Gasteiger charge is 2.09. The van der Waals surface area contributed by atoms with Gasteiger partial charge in [-0.2, -0.15) is 5.26 Å². The van der Waals surface area contributed by atoms with Crippen LogP contribution in [0.2, 0.25) is 5.02 Å². The van der Waals surface area contributed by atoms with Gasteiger partial charge in [-0.15, -0.1) is 0 Å². The molecule has 0 heterocycles. The molecule has 0 radical (unpaired) electrons. The molecule has 2 aromatic rings. The van der Waals surface area contributed by atoms with E-state index in [0.29, 0.717) is 16.8 Å². The van der Waals surface area contributed by atoms with Crippen molar-refractivity contribution in [2.75, 3.05) is 5.32 Å². The van der Waals surface area contributed by atoms with E-state index >= 15 is 0 Å². The zero-order valence-corrected chi connectivity index (χ0v) is 10.4. The van der Waals surface area contributed by atoms with Gasteiger partial charge in [-0.05, 0) is 42.5 Å². The number of rotatable bonds is 2. The van der Waals surface area contributed by atoms with Crippen LogP contribution < -0.4 is 5.32 Å². The van der Waals surface area contributed by atoms with E-state index in [0.717, 1.165) is 6.07 Å². The molecule has 0 bridgehead atoms. The van der Waals surface area contributed by atoms with Crippen LogP contribution in [0.25, 0.3) is 0 Å². The zero-order chi connectivity index (χ0) is 13.8. The van der Waals surface area contributed by atoms with E-state index in [1.54, 1.807) is 12.1 Å². The number of carbonyl (C=O) groups is 1. The molecule has 94 valence electrons. The minimum absolute atomic E-state index is 0.127. The average Bonchev–Trinajstić information content (AvgIpc) is 2.42. The van der Waals surface area contributed by atoms with Crippen LogP contribution in [0.3, 0.4) is 0 Å². The van der Waals surface area contributed by atoms with Crippen LogP contribution in [0, 0.1) is 17.1 Å². The second-order valence-corrected chi connectivity index (χ2v) is 4.17. The van der Waals surface area contributed by atoms with Crippen LogP contribution in [0.15, 0.2) is 42.5 Å². The largest absolute Gasteiger partial charge is 0.321 e. The minimum Gasteiger partial charge on any atom is -0.321 e. The Labute approximate surface area is 114 Å². The molecular formula is C14H8ClFN2O. The summed E-state index contributed by atoms with van der Waals surface area (Å²) in [6.45, 7) is 0. The summed E-state index contributed by atoms with van der Waals surface area (Å²) in [6.07, 6.45) is 0. The van der Waals surface area contributed by atoms with Gasteiger partial charge in [0, 0.05) is 5.56 Å². The fraction of sp³-hybridized carbons (Fsp3) is 0. The number of benzene rings is 2. The summed E-state index contributed by atoms with van der Waals surface area (Å²) in [5.41, 5.74) is 1.19. The first kappa shape index (κ1) is 13.1. The first-order valence-corrected chi connectivity index (χ1v) is 5.74. The molecule has 0 aromatic heterocycles. The van der Waals surface area contributed by atoms with E-state index in [2.05, 4.69) is 5.32 Å². The lowest BCUT2D eigenvalue weighted by atomic mass is 10.1. The van der Waals surface area contributed by atoms with Gasteiger partial charge in [-0.25, -0.2) is 4.39 Å². The van der Waals surface area contributed by atoms with E-state index in [1.165, 1.54) is 24.3 Å². The Balaban J connectivity index is 2.18. The molecule has 1 amide bonds. The Morgan fingerprint density at radius 3 is 2.47 bits per heavy atom. The molecule has 0 atom stereocenters. The van der Waals surface area contributed by atoms with E-state index in [4.69, 9.17) is 16.9 Å². The predicted molar refractivity (Wildman–Crippen MR) is 70.5 cm³/mol. The van der Waals surface area contributed by atoms with E-state index in [9.17, 15) is 9.18 Å². The molecule has 19 heavy (non-hydrogen) atoms. The number of halogens is 2. The third kappa shape index (κ3) is 3.09. The summed E-state index contributed by atoms with van der Waals surface area (Å²) < 4.78 is 12.9. The lowest BCUT2D eigenvalue weighted by Crippen LogP contribution is -2.12. The smallest absolute Gasteiger partial charge is 0.255 e. The Bertz CT molecular complexity index is 662. The van der Waals surface area contributed by atoms with Crippen molar-refractivity contribution in [2.24, 2.45) is 0 Å². The molecule has 0 spiro atoms. The second-order valence-electron chi connectivity index (χ2n) is 3.77. The molecule has 0 aliphatic heterocycles. The number of nitrogens with one attached hydrogen (secondary N) is 1. The number of anilines is 1. The Kier molecular flexibility index (Phi) is 3.79. The number of hydrogen-bond donors (Lipinski definition) is 1. The van der Waals surface area contributed by atoms with Gasteiger partial charge in [0.15, 0.2) is 0 Å². The van der Waals surface area contributed by atoms with Crippen LogP contribution >= 0.6 is 11.6 Å². The van der Waals surface area contributed by atoms with Gasteiger partial charge in [0.1, 0.15) is 5.82 Å². The van der Waals surface area contributed by atoms with Gasteiger partial charge in [0.05, 0.1) is 22.3 Å². The van der Waals surface area contributed by atoms with Crippen molar-refractivity contribution in [3.05, 3.63) is 64.4 Å². The van der Waals surface area contributed by atoms with E-state index in [1.807, 2.05) is 6.07 Å². The summed E-state index contributed by atoms with van der Waals surface area (Å²) in [7, 11) is 0. The normalized spacial score (nSPS) is 9.74. The van der Waals surface area contributed by atoms with Crippen LogP contribution in [-0.4, -0.2) is 5.91 Å². The first-order chi connectivity index (χ1) is 9.10. The first-order valence-electron chi connectivity index (χ1n) is 5.37. The van der Waals surface area contributed by atoms with Crippen molar-refractivity contribution in [3.8, 4) is 6.07 Å². The molecule has 2 aromatic carbocycles. The Morgan fingerprint density at radius 1 is 1.21 bits per heavy atom. The molecular weight excluding hydrogens is 267 g/mol. The van der Waals surface area contributed by atoms with Crippen LogP contribution in [0.4, 0.5) is 10.1 Å². The molecule has 0 unspecified atom stereocenters. The molecule has 5 heteroatoms. The fourth-order valence-corrected chi connectivity index (χ4v) is 1.70. The lowest BCUT2D eigenvalue weighted by Gasteiger charge is -2.07. The van der Waals surface area contributed by atoms with Crippen LogP contribution in [0.5, 0.6) is 0 Å². The standard InChI is InChI=1S/C14H8ClFN2O/c15-12-7-11(16)5-6-13(12)18-14(19)10-3-1-9(8-17)2-4-10/h1-7H,(H,18,19). The number of nitrogens with zero attached hydrogens (tertiary/aromatic N) is 1. The van der Waals surface area contributed by atoms with Crippen molar-refractivity contribution in [1.82, 2.24) is 0 Å². The highest BCUT2D eigenvalue weighted by atomic mass is 35.5. The second kappa shape index (κ2) is 5.51. The summed E-state index contributed by atoms with van der Waals surface area (Å²) >= 11 is 5.81. The maximum atomic E-state index is 12.9. The fourth-order valence-electron chi connectivity index (χ4n) is 1.48. The van der Waals surface area contributed by atoms with Crippen molar-refractivity contribution in [2.45, 2.75) is 0 Å². The lowest BCUT2D eigenvalue weighted by molar-refractivity contribution is 0.102. The number of nitriles is 1. The third-order valence-electron chi connectivity index (χ3n) is 2.46. The third-order valence-corrected chi connectivity index (χ3v) is 2.77. The van der Waals surface area contributed by atoms with Crippen LogP contribution in [0.1, 0.15) is 15.9 Å². The van der Waals surface area contributed by atoms with Crippen molar-refractivity contribution in [1.29, 1.82) is 5.26 Å². The van der Waals surface area contributed by atoms with Gasteiger partial charge < -0.3 is 5.32 Å². The summed E-state index contributed by atoms with van der Waals surface area (Å²) in [6, 6.07) is 11.8. The maximum absolute atomic E-state index is 12.9. The van der Waals surface area contributed by atoms with Crippen molar-refractivity contribution in [3.63, 3.8) is 0 Å². The zero-order valence-electron chi connectivity index (χ0n) is 9.65. The van der Waals surface area contributed by atoms with Crippen molar-refractivity contribution < 1.29 is 9.18 Å². The molecule has 0 aliphatic carbocycles. The van der Waals surface area contributed by atoms with E-state index in [-0.39, 0.29) is 10.9 Å². The molecule has 0 saturated heterocycles. The quantitative estimate of drug-likeness (QED) is 0.909. The summed E-state index contributed by atoms with van der Waals surface area (Å²) in [5.74, 6) is -0.848. The predicted octanol–water partition coefficient (Wildman–Crippen LogP) is 3.60. The molecule has 0 saturated carbocycles. The summed E-state index contributed by atoms with van der Waals surface area (Å²) in [4.78, 5) is 11.9. The Hall–Kier alpha value is -2.38. The molecule has 0 fully saturated rings. The summed E-state index contributed by atoms with van der Waals surface area (Å²) in [5, 5.41) is 11.4. The van der Waals surface area contributed by atoms with Gasteiger partial charge in [-0.3, -0.25) is 4.79 Å². The van der Waals surface area contributed by atoms with Crippen LogP contribution in [-0.2, 0) is 0 Å². The number of amides is 1. The van der Waals surface area contributed by atoms with Gasteiger partial charge >= 0.3 is 0 Å². The maximum Gasteiger partial charge on any atom is 0.255 e. The number of hydrogen-bond acceptors (Lipinski definition) is 2. The average molecular weight is 275 g/mol. The monoisotopic (exact) mass is 274 g/mol. The molecule has 0 aliphatic rings. The molecule has 1 N–H and O–H groups in total. The van der Waals surface area contributed by atoms with Gasteiger partial charge in [0.2, 0.25) is 0 Å². The topological polar surface area (TPSA) is 52.9 Å². The number of carbonyl (C=O) groups excluding carboxylic acids is 1. The highest BCUT2D eigenvalue weighted by molar-refractivity contribution is 6.33. The molecule has 2 rings (SSSR count). The Morgan fingerprint density at radius 2 is 1.89 bits per heavy atom. The molecule has 3 nitrogen and oxygen atoms in total. The SMILES string of the molecule is N#Cc1ccc(C(=O)Nc2ccc(F)cc2Cl)cc1. The van der Waals surface area contributed by atoms with Crippen molar-refractivity contribution >= 4 is 23.2 Å². The van der Waals surface area contributed by atoms with Gasteiger partial charge in [-0.1, -0.05) is 11.6 Å². The highest BCUT2D eigenvalue weighted by Crippen LogP contribution is 2.23.